The van der Waals surface area contributed by atoms with Crippen molar-refractivity contribution in [1.29, 1.82) is 0 Å². The molecular formula is C20H24N6O. The fraction of sp³-hybridized carbons (Fsp3) is 0.400. The van der Waals surface area contributed by atoms with Crippen LogP contribution in [-0.2, 0) is 13.5 Å². The van der Waals surface area contributed by atoms with Crippen LogP contribution in [0.3, 0.4) is 0 Å². The van der Waals surface area contributed by atoms with E-state index in [0.717, 1.165) is 43.3 Å². The predicted octanol–water partition coefficient (Wildman–Crippen LogP) is 2.74. The lowest BCUT2D eigenvalue weighted by Crippen LogP contribution is -2.37. The zero-order valence-electron chi connectivity index (χ0n) is 15.7. The second-order valence-electron chi connectivity index (χ2n) is 6.95. The van der Waals surface area contributed by atoms with Crippen molar-refractivity contribution in [1.82, 2.24) is 24.7 Å². The Hall–Kier alpha value is -2.96. The summed E-state index contributed by atoms with van der Waals surface area (Å²) in [6.45, 7) is 1.92. The van der Waals surface area contributed by atoms with Gasteiger partial charge in [0.2, 0.25) is 5.95 Å². The predicted molar refractivity (Wildman–Crippen MR) is 104 cm³/mol. The number of nitrogens with zero attached hydrogens (tertiary/aromatic N) is 6. The van der Waals surface area contributed by atoms with Crippen LogP contribution in [0.5, 0.6) is 5.75 Å². The molecule has 3 aromatic heterocycles. The normalized spacial score (nSPS) is 17.1. The topological polar surface area (TPSA) is 69.0 Å². The monoisotopic (exact) mass is 364 g/mol. The number of hydrogen-bond acceptors (Lipinski definition) is 6. The van der Waals surface area contributed by atoms with Gasteiger partial charge in [0.1, 0.15) is 5.69 Å². The van der Waals surface area contributed by atoms with E-state index < -0.39 is 0 Å². The molecule has 0 amide bonds. The molecule has 4 rings (SSSR count). The maximum absolute atomic E-state index is 5.48. The molecule has 0 aromatic carbocycles. The fourth-order valence-corrected chi connectivity index (χ4v) is 3.72. The van der Waals surface area contributed by atoms with Crippen molar-refractivity contribution < 1.29 is 4.74 Å². The lowest BCUT2D eigenvalue weighted by molar-refractivity contribution is 0.403. The average Bonchev–Trinajstić information content (AvgIpc) is 3.14. The maximum Gasteiger partial charge on any atom is 0.226 e. The zero-order chi connectivity index (χ0) is 18.6. The number of piperidine rings is 1. The second kappa shape index (κ2) is 7.73. The van der Waals surface area contributed by atoms with E-state index in [0.29, 0.717) is 11.7 Å². The van der Waals surface area contributed by atoms with Crippen LogP contribution < -0.4 is 9.64 Å². The van der Waals surface area contributed by atoms with Crippen molar-refractivity contribution in [3.05, 3.63) is 48.5 Å². The van der Waals surface area contributed by atoms with Crippen LogP contribution in [0.4, 0.5) is 5.95 Å². The van der Waals surface area contributed by atoms with E-state index in [-0.39, 0.29) is 0 Å². The van der Waals surface area contributed by atoms with E-state index in [4.69, 9.17) is 9.72 Å². The van der Waals surface area contributed by atoms with Crippen LogP contribution in [0.25, 0.3) is 11.4 Å². The summed E-state index contributed by atoms with van der Waals surface area (Å²) in [5.74, 6) is 1.99. The van der Waals surface area contributed by atoms with Gasteiger partial charge >= 0.3 is 0 Å². The number of rotatable bonds is 5. The number of methoxy groups -OCH3 is 1. The first-order valence-corrected chi connectivity index (χ1v) is 9.28. The number of hydrogen-bond donors (Lipinski definition) is 0. The van der Waals surface area contributed by atoms with E-state index in [1.165, 1.54) is 12.0 Å². The smallest absolute Gasteiger partial charge is 0.226 e. The summed E-state index contributed by atoms with van der Waals surface area (Å²) in [7, 11) is 3.55. The average molecular weight is 364 g/mol. The number of aromatic nitrogens is 5. The van der Waals surface area contributed by atoms with Crippen LogP contribution in [0.1, 0.15) is 18.4 Å². The third-order valence-corrected chi connectivity index (χ3v) is 5.07. The molecule has 1 aliphatic heterocycles. The molecule has 3 aromatic rings. The van der Waals surface area contributed by atoms with Gasteiger partial charge in [0.25, 0.3) is 0 Å². The third kappa shape index (κ3) is 3.77. The van der Waals surface area contributed by atoms with Crippen molar-refractivity contribution in [2.45, 2.75) is 19.3 Å². The summed E-state index contributed by atoms with van der Waals surface area (Å²) in [4.78, 5) is 15.9. The zero-order valence-corrected chi connectivity index (χ0v) is 15.7. The Morgan fingerprint density at radius 1 is 1.22 bits per heavy atom. The van der Waals surface area contributed by atoms with E-state index >= 15 is 0 Å². The molecule has 0 N–H and O–H groups in total. The first-order chi connectivity index (χ1) is 13.2. The minimum Gasteiger partial charge on any atom is -0.493 e. The Morgan fingerprint density at radius 2 is 2.15 bits per heavy atom. The van der Waals surface area contributed by atoms with Crippen molar-refractivity contribution in [3.8, 4) is 17.1 Å². The molecule has 0 unspecified atom stereocenters. The molecule has 7 nitrogen and oxygen atoms in total. The Morgan fingerprint density at radius 3 is 2.89 bits per heavy atom. The molecule has 1 aliphatic rings. The van der Waals surface area contributed by atoms with Gasteiger partial charge in [-0.1, -0.05) is 6.07 Å². The highest BCUT2D eigenvalue weighted by atomic mass is 16.5. The van der Waals surface area contributed by atoms with Gasteiger partial charge in [-0.2, -0.15) is 5.10 Å². The first kappa shape index (κ1) is 17.5. The molecule has 1 atom stereocenters. The molecule has 1 saturated heterocycles. The van der Waals surface area contributed by atoms with Gasteiger partial charge in [-0.3, -0.25) is 9.67 Å². The number of pyridine rings is 1. The molecule has 4 heterocycles. The molecule has 0 aliphatic carbocycles. The Balaban J connectivity index is 1.56. The summed E-state index contributed by atoms with van der Waals surface area (Å²) in [5.41, 5.74) is 2.98. The quantitative estimate of drug-likeness (QED) is 0.693. The molecule has 0 saturated carbocycles. The standard InChI is InChI=1S/C20H24N6O/c1-25-17(7-9-23-25)19-18(27-2)13-22-20(24-19)26-10-4-6-16(14-26)11-15-5-3-8-21-12-15/h3,5,7-9,12-13,16H,4,6,10-11,14H2,1-2H3/t16-/m1/s1. The molecule has 140 valence electrons. The van der Waals surface area contributed by atoms with Crippen molar-refractivity contribution >= 4 is 5.95 Å². The molecule has 0 spiro atoms. The van der Waals surface area contributed by atoms with Crippen molar-refractivity contribution in [3.63, 3.8) is 0 Å². The van der Waals surface area contributed by atoms with Crippen LogP contribution in [0.15, 0.2) is 43.0 Å². The molecule has 0 bridgehead atoms. The van der Waals surface area contributed by atoms with Gasteiger partial charge in [-0.15, -0.1) is 0 Å². The van der Waals surface area contributed by atoms with Gasteiger partial charge in [-0.05, 0) is 42.9 Å². The Labute approximate surface area is 159 Å². The van der Waals surface area contributed by atoms with Gasteiger partial charge in [0.15, 0.2) is 5.75 Å². The van der Waals surface area contributed by atoms with Gasteiger partial charge in [0, 0.05) is 38.7 Å². The first-order valence-electron chi connectivity index (χ1n) is 9.28. The number of anilines is 1. The summed E-state index contributed by atoms with van der Waals surface area (Å²) in [5, 5.41) is 4.25. The van der Waals surface area contributed by atoms with E-state index in [1.54, 1.807) is 24.2 Å². The lowest BCUT2D eigenvalue weighted by Gasteiger charge is -2.33. The lowest BCUT2D eigenvalue weighted by atomic mass is 9.92. The van der Waals surface area contributed by atoms with E-state index in [2.05, 4.69) is 26.0 Å². The highest BCUT2D eigenvalue weighted by Gasteiger charge is 2.23. The van der Waals surface area contributed by atoms with Crippen molar-refractivity contribution in [2.24, 2.45) is 13.0 Å². The molecular weight excluding hydrogens is 340 g/mol. The van der Waals surface area contributed by atoms with Crippen LogP contribution in [0.2, 0.25) is 0 Å². The minimum absolute atomic E-state index is 0.578. The Bertz CT molecular complexity index is 894. The molecule has 0 radical (unpaired) electrons. The molecule has 1 fully saturated rings. The largest absolute Gasteiger partial charge is 0.493 e. The summed E-state index contributed by atoms with van der Waals surface area (Å²) >= 11 is 0. The third-order valence-electron chi connectivity index (χ3n) is 5.07. The van der Waals surface area contributed by atoms with Crippen LogP contribution in [0, 0.1) is 5.92 Å². The van der Waals surface area contributed by atoms with Gasteiger partial charge in [-0.25, -0.2) is 9.97 Å². The van der Waals surface area contributed by atoms with Crippen molar-refractivity contribution in [2.75, 3.05) is 25.1 Å². The van der Waals surface area contributed by atoms with E-state index in [1.807, 2.05) is 31.6 Å². The van der Waals surface area contributed by atoms with Crippen LogP contribution >= 0.6 is 0 Å². The number of ether oxygens (including phenoxy) is 1. The van der Waals surface area contributed by atoms with Gasteiger partial charge in [0.05, 0.1) is 19.0 Å². The SMILES string of the molecule is COc1cnc(N2CCC[C@H](Cc3cccnc3)C2)nc1-c1ccnn1C. The summed E-state index contributed by atoms with van der Waals surface area (Å²) in [6, 6.07) is 6.09. The minimum atomic E-state index is 0.578. The highest BCUT2D eigenvalue weighted by Crippen LogP contribution is 2.30. The van der Waals surface area contributed by atoms with E-state index in [9.17, 15) is 0 Å². The number of aryl methyl sites for hydroxylation is 1. The highest BCUT2D eigenvalue weighted by molar-refractivity contribution is 5.63. The Kier molecular flexibility index (Phi) is 5.00. The van der Waals surface area contributed by atoms with Gasteiger partial charge < -0.3 is 9.64 Å². The summed E-state index contributed by atoms with van der Waals surface area (Å²) in [6.07, 6.45) is 10.7. The fourth-order valence-electron chi connectivity index (χ4n) is 3.72. The molecule has 27 heavy (non-hydrogen) atoms. The maximum atomic E-state index is 5.48. The second-order valence-corrected chi connectivity index (χ2v) is 6.95. The molecule has 7 heteroatoms. The van der Waals surface area contributed by atoms with Crippen LogP contribution in [-0.4, -0.2) is 44.9 Å². The summed E-state index contributed by atoms with van der Waals surface area (Å²) < 4.78 is 7.28.